The van der Waals surface area contributed by atoms with Gasteiger partial charge in [-0.3, -0.25) is 4.98 Å². The minimum absolute atomic E-state index is 0. The minimum Gasteiger partial charge on any atom is -0.393 e. The predicted molar refractivity (Wildman–Crippen MR) is 144 cm³/mol. The van der Waals surface area contributed by atoms with Crippen molar-refractivity contribution >= 4 is 21.5 Å². The summed E-state index contributed by atoms with van der Waals surface area (Å²) in [6.07, 6.45) is 1.54. The number of aromatic nitrogens is 2. The zero-order chi connectivity index (χ0) is 24.9. The first kappa shape index (κ1) is 27.6. The standard InChI is InChI=1S/C26H19N2.C5H12O2.Ir/c1-17-16-27-26(18(2)28-17)25-12-6-9-20-15-21(13-14-24(20)25)23-11-5-8-19-7-3-4-10-22(19)23;1-4(6)3-5(2)7;/h3-11,13-16H,1-2H3;4-7H,3H2,1-2H3;/q-1;;. The van der Waals surface area contributed by atoms with Crippen molar-refractivity contribution in [2.75, 3.05) is 0 Å². The summed E-state index contributed by atoms with van der Waals surface area (Å²) in [6.45, 7) is 7.29. The maximum Gasteiger partial charge on any atom is 0.0539 e. The number of hydrogen-bond donors (Lipinski definition) is 2. The minimum atomic E-state index is -0.375. The third-order valence-corrected chi connectivity index (χ3v) is 5.90. The number of aliphatic hydroxyl groups is 2. The van der Waals surface area contributed by atoms with Gasteiger partial charge in [-0.25, -0.2) is 0 Å². The molecule has 0 fully saturated rings. The van der Waals surface area contributed by atoms with Crippen LogP contribution in [0.25, 0.3) is 43.9 Å². The fraction of sp³-hybridized carbons (Fsp3) is 0.226. The molecule has 0 amide bonds. The molecule has 0 spiro atoms. The van der Waals surface area contributed by atoms with E-state index in [1.165, 1.54) is 27.3 Å². The van der Waals surface area contributed by atoms with Gasteiger partial charge >= 0.3 is 0 Å². The SMILES string of the molecule is CC(O)CC(C)O.Cc1cnc(-c2[c-]ccc3cc(-c4cccc5ccccc45)ccc23)c(C)n1.[Ir]. The Morgan fingerprint density at radius 3 is 2.25 bits per heavy atom. The zero-order valence-electron chi connectivity index (χ0n) is 21.0. The van der Waals surface area contributed by atoms with Gasteiger partial charge in [0.1, 0.15) is 0 Å². The van der Waals surface area contributed by atoms with Crippen molar-refractivity contribution in [1.82, 2.24) is 9.97 Å². The van der Waals surface area contributed by atoms with Crippen LogP contribution in [0.3, 0.4) is 0 Å². The Hall–Kier alpha value is -2.95. The summed E-state index contributed by atoms with van der Waals surface area (Å²) in [6, 6.07) is 29.1. The van der Waals surface area contributed by atoms with Crippen LogP contribution in [0.4, 0.5) is 0 Å². The van der Waals surface area contributed by atoms with Crippen LogP contribution in [0.5, 0.6) is 0 Å². The van der Waals surface area contributed by atoms with Gasteiger partial charge in [0.2, 0.25) is 0 Å². The first-order valence-corrected chi connectivity index (χ1v) is 11.9. The summed E-state index contributed by atoms with van der Waals surface area (Å²) in [5.74, 6) is 0. The Kier molecular flexibility index (Phi) is 9.47. The van der Waals surface area contributed by atoms with Crippen molar-refractivity contribution < 1.29 is 30.3 Å². The first-order chi connectivity index (χ1) is 16.8. The molecule has 36 heavy (non-hydrogen) atoms. The number of benzene rings is 4. The largest absolute Gasteiger partial charge is 0.393 e. The van der Waals surface area contributed by atoms with Gasteiger partial charge in [0.15, 0.2) is 0 Å². The molecule has 0 aliphatic carbocycles. The fourth-order valence-electron chi connectivity index (χ4n) is 4.40. The van der Waals surface area contributed by atoms with E-state index >= 15 is 0 Å². The molecule has 5 aromatic rings. The fourth-order valence-corrected chi connectivity index (χ4v) is 4.40. The number of hydrogen-bond acceptors (Lipinski definition) is 4. The Balaban J connectivity index is 0.000000400. The molecule has 4 nitrogen and oxygen atoms in total. The second kappa shape index (κ2) is 12.3. The van der Waals surface area contributed by atoms with Gasteiger partial charge in [0.05, 0.1) is 17.9 Å². The molecule has 0 aliphatic rings. The number of fused-ring (bicyclic) bond motifs is 2. The molecule has 1 aromatic heterocycles. The average Bonchev–Trinajstić information content (AvgIpc) is 2.83. The van der Waals surface area contributed by atoms with Gasteiger partial charge in [-0.15, -0.1) is 29.1 Å². The van der Waals surface area contributed by atoms with E-state index in [1.807, 2.05) is 26.1 Å². The normalized spacial score (nSPS) is 12.4. The summed E-state index contributed by atoms with van der Waals surface area (Å²) in [4.78, 5) is 9.20. The molecule has 0 aliphatic heterocycles. The smallest absolute Gasteiger partial charge is 0.0539 e. The Morgan fingerprint density at radius 1 is 0.833 bits per heavy atom. The van der Waals surface area contributed by atoms with Crippen molar-refractivity contribution in [2.24, 2.45) is 0 Å². The third-order valence-electron chi connectivity index (χ3n) is 5.90. The van der Waals surface area contributed by atoms with E-state index in [0.29, 0.717) is 6.42 Å². The molecule has 187 valence electrons. The summed E-state index contributed by atoms with van der Waals surface area (Å²) < 4.78 is 0. The van der Waals surface area contributed by atoms with Gasteiger partial charge in [-0.2, -0.15) is 0 Å². The number of nitrogens with zero attached hydrogens (tertiary/aromatic N) is 2. The second-order valence-electron chi connectivity index (χ2n) is 9.06. The van der Waals surface area contributed by atoms with Crippen LogP contribution in [0.15, 0.2) is 79.0 Å². The van der Waals surface area contributed by atoms with Crippen LogP contribution in [0.2, 0.25) is 0 Å². The van der Waals surface area contributed by atoms with Gasteiger partial charge < -0.3 is 15.2 Å². The molecule has 5 heteroatoms. The average molecular weight is 656 g/mol. The Morgan fingerprint density at radius 2 is 1.56 bits per heavy atom. The Bertz CT molecular complexity index is 1450. The van der Waals surface area contributed by atoms with E-state index in [2.05, 4.69) is 82.8 Å². The van der Waals surface area contributed by atoms with Crippen LogP contribution in [0.1, 0.15) is 31.7 Å². The summed E-state index contributed by atoms with van der Waals surface area (Å²) in [5.41, 5.74) is 6.23. The van der Waals surface area contributed by atoms with Crippen molar-refractivity contribution in [2.45, 2.75) is 46.3 Å². The predicted octanol–water partition coefficient (Wildman–Crippen LogP) is 6.67. The van der Waals surface area contributed by atoms with Crippen LogP contribution >= 0.6 is 0 Å². The molecular formula is C31H31IrN2O2-. The van der Waals surface area contributed by atoms with E-state index in [4.69, 9.17) is 10.2 Å². The summed E-state index contributed by atoms with van der Waals surface area (Å²) >= 11 is 0. The molecule has 2 unspecified atom stereocenters. The van der Waals surface area contributed by atoms with Crippen LogP contribution < -0.4 is 0 Å². The topological polar surface area (TPSA) is 66.2 Å². The quantitative estimate of drug-likeness (QED) is 0.213. The van der Waals surface area contributed by atoms with E-state index in [-0.39, 0.29) is 32.3 Å². The van der Waals surface area contributed by atoms with E-state index < -0.39 is 0 Å². The molecule has 4 aromatic carbocycles. The van der Waals surface area contributed by atoms with Crippen molar-refractivity contribution in [3.05, 3.63) is 96.4 Å². The monoisotopic (exact) mass is 656 g/mol. The maximum atomic E-state index is 8.56. The van der Waals surface area contributed by atoms with Gasteiger partial charge in [0.25, 0.3) is 0 Å². The zero-order valence-corrected chi connectivity index (χ0v) is 23.4. The first-order valence-electron chi connectivity index (χ1n) is 11.9. The van der Waals surface area contributed by atoms with Crippen LogP contribution in [-0.4, -0.2) is 32.4 Å². The molecule has 1 radical (unpaired) electrons. The van der Waals surface area contributed by atoms with Gasteiger partial charge in [-0.05, 0) is 56.0 Å². The molecule has 2 atom stereocenters. The van der Waals surface area contributed by atoms with E-state index in [9.17, 15) is 0 Å². The Labute approximate surface area is 226 Å². The second-order valence-corrected chi connectivity index (χ2v) is 9.06. The number of aliphatic hydroxyl groups excluding tert-OH is 2. The molecule has 0 saturated heterocycles. The molecule has 2 N–H and O–H groups in total. The van der Waals surface area contributed by atoms with Gasteiger partial charge in [-0.1, -0.05) is 66.0 Å². The number of rotatable bonds is 4. The van der Waals surface area contributed by atoms with E-state index in [1.54, 1.807) is 13.8 Å². The van der Waals surface area contributed by atoms with Crippen molar-refractivity contribution in [1.29, 1.82) is 0 Å². The molecule has 5 rings (SSSR count). The third kappa shape index (κ3) is 6.43. The molecule has 0 bridgehead atoms. The van der Waals surface area contributed by atoms with Crippen molar-refractivity contribution in [3.8, 4) is 22.4 Å². The number of aryl methyl sites for hydroxylation is 2. The molecule has 1 heterocycles. The molecule has 0 saturated carbocycles. The van der Waals surface area contributed by atoms with Crippen molar-refractivity contribution in [3.63, 3.8) is 0 Å². The maximum absolute atomic E-state index is 8.56. The molecular weight excluding hydrogens is 625 g/mol. The van der Waals surface area contributed by atoms with E-state index in [0.717, 1.165) is 28.0 Å². The van der Waals surface area contributed by atoms with Crippen LogP contribution in [-0.2, 0) is 20.1 Å². The summed E-state index contributed by atoms with van der Waals surface area (Å²) in [7, 11) is 0. The van der Waals surface area contributed by atoms with Crippen LogP contribution in [0, 0.1) is 19.9 Å². The van der Waals surface area contributed by atoms with Gasteiger partial charge in [0, 0.05) is 37.7 Å². The summed E-state index contributed by atoms with van der Waals surface area (Å²) in [5, 5.41) is 22.0.